The molecule has 1 N–H and O–H groups in total. The van der Waals surface area contributed by atoms with Crippen molar-refractivity contribution in [2.24, 2.45) is 0 Å². The third kappa shape index (κ3) is 4.06. The van der Waals surface area contributed by atoms with Gasteiger partial charge in [0.25, 0.3) is 5.91 Å². The zero-order valence-electron chi connectivity index (χ0n) is 15.1. The number of fused-ring (bicyclic) bond motifs is 1. The largest absolute Gasteiger partial charge is 0.322 e. The van der Waals surface area contributed by atoms with Crippen molar-refractivity contribution >= 4 is 44.6 Å². The maximum Gasteiger partial charge on any atom is 0.255 e. The molecule has 3 aromatic rings. The first-order valence-corrected chi connectivity index (χ1v) is 11.5. The van der Waals surface area contributed by atoms with Crippen molar-refractivity contribution in [3.05, 3.63) is 80.8 Å². The van der Waals surface area contributed by atoms with E-state index < -0.39 is 21.7 Å². The zero-order valence-corrected chi connectivity index (χ0v) is 17.5. The van der Waals surface area contributed by atoms with Crippen molar-refractivity contribution in [2.75, 3.05) is 11.9 Å². The van der Waals surface area contributed by atoms with Crippen LogP contribution in [-0.4, -0.2) is 25.2 Å². The molecule has 0 bridgehead atoms. The first kappa shape index (κ1) is 20.0. The number of hydrogen-bond donors (Lipinski definition) is 1. The van der Waals surface area contributed by atoms with Crippen LogP contribution in [0, 0.1) is 5.82 Å². The number of amides is 1. The summed E-state index contributed by atoms with van der Waals surface area (Å²) in [6, 6.07) is 11.6. The molecule has 0 spiro atoms. The van der Waals surface area contributed by atoms with Crippen molar-refractivity contribution in [1.29, 1.82) is 0 Å². The second-order valence-electron chi connectivity index (χ2n) is 6.57. The number of sulfonamides is 1. The van der Waals surface area contributed by atoms with Gasteiger partial charge in [0.1, 0.15) is 5.82 Å². The van der Waals surface area contributed by atoms with E-state index in [0.717, 1.165) is 11.6 Å². The van der Waals surface area contributed by atoms with Crippen molar-refractivity contribution in [2.45, 2.75) is 17.9 Å². The highest BCUT2D eigenvalue weighted by Gasteiger charge is 2.29. The molecular weight excluding hydrogens is 435 g/mol. The van der Waals surface area contributed by atoms with E-state index >= 15 is 0 Å². The van der Waals surface area contributed by atoms with Gasteiger partial charge >= 0.3 is 0 Å². The van der Waals surface area contributed by atoms with Gasteiger partial charge in [0.15, 0.2) is 0 Å². The second kappa shape index (κ2) is 7.87. The van der Waals surface area contributed by atoms with Gasteiger partial charge in [-0.25, -0.2) is 12.8 Å². The summed E-state index contributed by atoms with van der Waals surface area (Å²) in [5.74, 6) is -1.10. The number of halogens is 2. The molecule has 2 heterocycles. The average molecular weight is 451 g/mol. The van der Waals surface area contributed by atoms with Gasteiger partial charge in [-0.3, -0.25) is 4.79 Å². The molecule has 4 rings (SSSR count). The van der Waals surface area contributed by atoms with Gasteiger partial charge in [-0.05, 0) is 59.8 Å². The maximum atomic E-state index is 13.3. The summed E-state index contributed by atoms with van der Waals surface area (Å²) in [7, 11) is -3.74. The lowest BCUT2D eigenvalue weighted by Gasteiger charge is -2.26. The lowest BCUT2D eigenvalue weighted by molar-refractivity contribution is 0.102. The summed E-state index contributed by atoms with van der Waals surface area (Å²) >= 11 is 7.37. The molecule has 2 aromatic carbocycles. The lowest BCUT2D eigenvalue weighted by Crippen LogP contribution is -2.35. The van der Waals surface area contributed by atoms with Crippen LogP contribution in [0.25, 0.3) is 0 Å². The van der Waals surface area contributed by atoms with Crippen molar-refractivity contribution in [3.63, 3.8) is 0 Å². The third-order valence-corrected chi connectivity index (χ3v) is 7.84. The smallest absolute Gasteiger partial charge is 0.255 e. The van der Waals surface area contributed by atoms with Crippen molar-refractivity contribution in [1.82, 2.24) is 4.31 Å². The molecular formula is C20H16ClFN2O3S2. The number of thiophene rings is 1. The number of hydrogen-bond acceptors (Lipinski definition) is 4. The van der Waals surface area contributed by atoms with Crippen LogP contribution < -0.4 is 5.32 Å². The van der Waals surface area contributed by atoms with Gasteiger partial charge in [-0.2, -0.15) is 4.31 Å². The fourth-order valence-electron chi connectivity index (χ4n) is 3.15. The summed E-state index contributed by atoms with van der Waals surface area (Å²) in [6.07, 6.45) is 0.678. The van der Waals surface area contributed by atoms with Crippen LogP contribution in [0.5, 0.6) is 0 Å². The summed E-state index contributed by atoms with van der Waals surface area (Å²) in [6.45, 7) is 0.728. The number of nitrogens with zero attached hydrogens (tertiary/aromatic N) is 1. The molecule has 1 aromatic heterocycles. The standard InChI is InChI=1S/C20H16ClFN2O3S2/c21-17-11-15(4-5-18(17)22)23-20(25)13-2-1-3-16(10-13)29(26,27)24-8-6-19-14(12-24)7-9-28-19/h1-5,7,9-11H,6,8,12H2,(H,23,25). The Morgan fingerprint density at radius 1 is 1.17 bits per heavy atom. The Hall–Kier alpha value is -2.26. The van der Waals surface area contributed by atoms with Gasteiger partial charge < -0.3 is 5.32 Å². The van der Waals surface area contributed by atoms with E-state index in [1.54, 1.807) is 11.3 Å². The normalized spacial score (nSPS) is 14.4. The van der Waals surface area contributed by atoms with Gasteiger partial charge in [0.05, 0.1) is 9.92 Å². The Morgan fingerprint density at radius 3 is 2.79 bits per heavy atom. The summed E-state index contributed by atoms with van der Waals surface area (Å²) in [5, 5.41) is 4.45. The zero-order chi connectivity index (χ0) is 20.6. The van der Waals surface area contributed by atoms with E-state index in [1.165, 1.54) is 45.6 Å². The number of carbonyl (C=O) groups excluding carboxylic acids is 1. The van der Waals surface area contributed by atoms with Gasteiger partial charge in [0, 0.05) is 29.2 Å². The molecule has 1 aliphatic heterocycles. The topological polar surface area (TPSA) is 66.5 Å². The van der Waals surface area contributed by atoms with E-state index in [1.807, 2.05) is 11.4 Å². The van der Waals surface area contributed by atoms with E-state index in [2.05, 4.69) is 5.32 Å². The van der Waals surface area contributed by atoms with E-state index in [-0.39, 0.29) is 15.5 Å². The molecule has 150 valence electrons. The van der Waals surface area contributed by atoms with Gasteiger partial charge in [-0.15, -0.1) is 11.3 Å². The number of nitrogens with one attached hydrogen (secondary N) is 1. The minimum absolute atomic E-state index is 0.0565. The van der Waals surface area contributed by atoms with Crippen LogP contribution in [0.15, 0.2) is 58.8 Å². The molecule has 5 nitrogen and oxygen atoms in total. The minimum atomic E-state index is -3.74. The summed E-state index contributed by atoms with van der Waals surface area (Å²) < 4.78 is 40.9. The fourth-order valence-corrected chi connectivity index (χ4v) is 5.69. The number of rotatable bonds is 4. The van der Waals surface area contributed by atoms with Crippen LogP contribution in [0.3, 0.4) is 0 Å². The highest BCUT2D eigenvalue weighted by molar-refractivity contribution is 7.89. The van der Waals surface area contributed by atoms with Crippen LogP contribution >= 0.6 is 22.9 Å². The highest BCUT2D eigenvalue weighted by Crippen LogP contribution is 2.28. The Labute approximate surface area is 176 Å². The Kier molecular flexibility index (Phi) is 5.44. The number of anilines is 1. The first-order chi connectivity index (χ1) is 13.8. The highest BCUT2D eigenvalue weighted by atomic mass is 35.5. The lowest BCUT2D eigenvalue weighted by atomic mass is 10.1. The maximum absolute atomic E-state index is 13.3. The van der Waals surface area contributed by atoms with Crippen LogP contribution in [-0.2, 0) is 23.0 Å². The average Bonchev–Trinajstić information content (AvgIpc) is 3.19. The van der Waals surface area contributed by atoms with Gasteiger partial charge in [-0.1, -0.05) is 17.7 Å². The van der Waals surface area contributed by atoms with Crippen molar-refractivity contribution < 1.29 is 17.6 Å². The molecule has 0 radical (unpaired) electrons. The fraction of sp³-hybridized carbons (Fsp3) is 0.150. The van der Waals surface area contributed by atoms with E-state index in [4.69, 9.17) is 11.6 Å². The summed E-state index contributed by atoms with van der Waals surface area (Å²) in [5.41, 5.74) is 1.52. The minimum Gasteiger partial charge on any atom is -0.322 e. The molecule has 0 saturated carbocycles. The molecule has 0 saturated heterocycles. The number of benzene rings is 2. The molecule has 9 heteroatoms. The molecule has 0 unspecified atom stereocenters. The molecule has 0 fully saturated rings. The van der Waals surface area contributed by atoms with E-state index in [0.29, 0.717) is 25.2 Å². The van der Waals surface area contributed by atoms with Crippen LogP contribution in [0.1, 0.15) is 20.8 Å². The molecule has 1 amide bonds. The predicted molar refractivity (Wildman–Crippen MR) is 111 cm³/mol. The number of carbonyl (C=O) groups is 1. The quantitative estimate of drug-likeness (QED) is 0.634. The second-order valence-corrected chi connectivity index (χ2v) is 9.91. The molecule has 1 aliphatic rings. The van der Waals surface area contributed by atoms with E-state index in [9.17, 15) is 17.6 Å². The molecule has 29 heavy (non-hydrogen) atoms. The van der Waals surface area contributed by atoms with Crippen LogP contribution in [0.2, 0.25) is 5.02 Å². The van der Waals surface area contributed by atoms with Crippen LogP contribution in [0.4, 0.5) is 10.1 Å². The first-order valence-electron chi connectivity index (χ1n) is 8.76. The monoisotopic (exact) mass is 450 g/mol. The predicted octanol–water partition coefficient (Wildman–Crippen LogP) is 4.54. The SMILES string of the molecule is O=C(Nc1ccc(F)c(Cl)c1)c1cccc(S(=O)(=O)N2CCc3sccc3C2)c1. The molecule has 0 atom stereocenters. The van der Waals surface area contributed by atoms with Gasteiger partial charge in [0.2, 0.25) is 10.0 Å². The Bertz CT molecular complexity index is 1190. The van der Waals surface area contributed by atoms with Crippen molar-refractivity contribution in [3.8, 4) is 0 Å². The Morgan fingerprint density at radius 2 is 2.00 bits per heavy atom. The molecule has 0 aliphatic carbocycles. The Balaban J connectivity index is 1.56. The summed E-state index contributed by atoms with van der Waals surface area (Å²) in [4.78, 5) is 13.8. The third-order valence-electron chi connectivity index (χ3n) is 4.68.